The predicted molar refractivity (Wildman–Crippen MR) is 184 cm³/mol. The molecule has 11 heteroatoms. The van der Waals surface area contributed by atoms with E-state index in [4.69, 9.17) is 18.8 Å². The van der Waals surface area contributed by atoms with Crippen molar-refractivity contribution in [3.63, 3.8) is 0 Å². The summed E-state index contributed by atoms with van der Waals surface area (Å²) in [4.78, 5) is 37.4. The quantitative estimate of drug-likeness (QED) is 0.186. The maximum Gasteiger partial charge on any atom is 0.457 e. The Morgan fingerprint density at radius 3 is 2.15 bits per heavy atom. The fourth-order valence-corrected chi connectivity index (χ4v) is 4.74. The molecule has 0 aromatic heterocycles. The van der Waals surface area contributed by atoms with Crippen molar-refractivity contribution < 1.29 is 33.2 Å². The van der Waals surface area contributed by atoms with Gasteiger partial charge in [-0.15, -0.1) is 0 Å². The predicted octanol–water partition coefficient (Wildman–Crippen LogP) is 6.42. The van der Waals surface area contributed by atoms with E-state index in [1.165, 1.54) is 12.8 Å². The molecule has 1 aromatic carbocycles. The number of unbranched alkanes of at least 4 members (excludes halogenated alkanes) is 1. The smallest absolute Gasteiger partial charge is 0.457 e. The molecule has 10 nitrogen and oxygen atoms in total. The Hall–Kier alpha value is -2.63. The number of ether oxygens (including phenoxy) is 2. The van der Waals surface area contributed by atoms with Gasteiger partial charge < -0.3 is 34.7 Å². The van der Waals surface area contributed by atoms with E-state index in [1.807, 2.05) is 58.0 Å². The average Bonchev–Trinajstić information content (AvgIpc) is 3.54. The van der Waals surface area contributed by atoms with Crippen molar-refractivity contribution in [1.82, 2.24) is 16.0 Å². The molecule has 2 amide bonds. The summed E-state index contributed by atoms with van der Waals surface area (Å²) in [5.74, 6) is -0.704. The molecule has 0 bridgehead atoms. The largest absolute Gasteiger partial charge is 0.460 e. The van der Waals surface area contributed by atoms with Crippen LogP contribution in [-0.2, 0) is 35.0 Å². The van der Waals surface area contributed by atoms with Gasteiger partial charge in [-0.1, -0.05) is 84.2 Å². The topological polar surface area (TPSA) is 124 Å². The Labute approximate surface area is 278 Å². The molecule has 2 fully saturated rings. The van der Waals surface area contributed by atoms with Crippen molar-refractivity contribution in [3.8, 4) is 0 Å². The second-order valence-corrected chi connectivity index (χ2v) is 13.8. The van der Waals surface area contributed by atoms with Gasteiger partial charge in [0.05, 0.1) is 11.2 Å². The number of nitrogens with one attached hydrogen (secondary N) is 3. The molecule has 3 rings (SSSR count). The standard InChI is InChI=1S/C23H35N3O5.C10H21BO2.C2H6/c1-6-15(2)19(26-22(29)31-23(3,4)5)20(27)25-17-12-18(24-13-17)21(28)30-14-16-10-8-7-9-11-16;1-6-7-8-11-12-9(2,3)10(4,5)13-11;1-2/h7-11,15,17-19,24H,6,12-14H2,1-5H3,(H,25,27)(H,26,29);6-8H2,1-5H3;1-2H3. The van der Waals surface area contributed by atoms with Crippen molar-refractivity contribution in [2.75, 3.05) is 6.54 Å². The highest BCUT2D eigenvalue weighted by molar-refractivity contribution is 6.45. The number of hydrogen-bond acceptors (Lipinski definition) is 8. The first-order chi connectivity index (χ1) is 21.5. The lowest BCUT2D eigenvalue weighted by atomic mass is 9.82. The van der Waals surface area contributed by atoms with E-state index in [2.05, 4.69) is 50.6 Å². The van der Waals surface area contributed by atoms with Crippen LogP contribution in [0.2, 0.25) is 6.32 Å². The van der Waals surface area contributed by atoms with Crippen molar-refractivity contribution in [2.24, 2.45) is 5.92 Å². The fraction of sp³-hybridized carbons (Fsp3) is 0.743. The number of hydrogen-bond donors (Lipinski definition) is 3. The van der Waals surface area contributed by atoms with Crippen LogP contribution in [0.3, 0.4) is 0 Å². The van der Waals surface area contributed by atoms with Crippen LogP contribution in [0.4, 0.5) is 4.79 Å². The number of alkyl carbamates (subject to hydrolysis) is 1. The maximum atomic E-state index is 12.9. The van der Waals surface area contributed by atoms with E-state index < -0.39 is 23.8 Å². The summed E-state index contributed by atoms with van der Waals surface area (Å²) in [5.41, 5.74) is -0.0524. The molecule has 4 unspecified atom stereocenters. The first-order valence-electron chi connectivity index (χ1n) is 17.1. The van der Waals surface area contributed by atoms with E-state index in [-0.39, 0.29) is 48.8 Å². The van der Waals surface area contributed by atoms with E-state index in [1.54, 1.807) is 20.8 Å². The Bertz CT molecular complexity index is 1050. The first kappa shape index (κ1) is 41.4. The SMILES string of the molecule is CC.CCC(C)C(NC(=O)OC(C)(C)C)C(=O)NC1CNC(C(=O)OCc2ccccc2)C1.CCCCB1OC(C)(C)C(C)(C)O1. The molecule has 2 saturated heterocycles. The molecule has 1 aromatic rings. The van der Waals surface area contributed by atoms with Gasteiger partial charge in [-0.2, -0.15) is 0 Å². The molecular weight excluding hydrogens is 585 g/mol. The van der Waals surface area contributed by atoms with Gasteiger partial charge in [0, 0.05) is 12.6 Å². The lowest BCUT2D eigenvalue weighted by Gasteiger charge is -2.32. The molecule has 2 aliphatic heterocycles. The van der Waals surface area contributed by atoms with Crippen LogP contribution in [0.5, 0.6) is 0 Å². The molecule has 0 saturated carbocycles. The van der Waals surface area contributed by atoms with E-state index in [9.17, 15) is 14.4 Å². The molecule has 0 spiro atoms. The zero-order valence-electron chi connectivity index (χ0n) is 30.6. The van der Waals surface area contributed by atoms with Crippen molar-refractivity contribution >= 4 is 25.1 Å². The minimum Gasteiger partial charge on any atom is -0.460 e. The molecule has 2 heterocycles. The lowest BCUT2D eigenvalue weighted by Crippen LogP contribution is -2.53. The highest BCUT2D eigenvalue weighted by atomic mass is 16.7. The lowest BCUT2D eigenvalue weighted by molar-refractivity contribution is -0.147. The third kappa shape index (κ3) is 14.0. The molecule has 3 N–H and O–H groups in total. The normalized spacial score (nSPS) is 21.0. The molecular formula is C35H62BN3O7. The van der Waals surface area contributed by atoms with Crippen LogP contribution in [0, 0.1) is 5.92 Å². The van der Waals surface area contributed by atoms with E-state index >= 15 is 0 Å². The average molecular weight is 648 g/mol. The van der Waals surface area contributed by atoms with Crippen molar-refractivity contribution in [1.29, 1.82) is 0 Å². The second kappa shape index (κ2) is 19.3. The van der Waals surface area contributed by atoms with Gasteiger partial charge in [0.2, 0.25) is 5.91 Å². The van der Waals surface area contributed by atoms with Gasteiger partial charge in [0.25, 0.3) is 0 Å². The van der Waals surface area contributed by atoms with E-state index in [0.29, 0.717) is 19.4 Å². The summed E-state index contributed by atoms with van der Waals surface area (Å²) in [7, 11) is 0.00458. The van der Waals surface area contributed by atoms with Gasteiger partial charge in [-0.25, -0.2) is 4.79 Å². The Morgan fingerprint density at radius 2 is 1.63 bits per heavy atom. The molecule has 262 valence electrons. The van der Waals surface area contributed by atoms with Crippen LogP contribution in [0.1, 0.15) is 114 Å². The van der Waals surface area contributed by atoms with Crippen LogP contribution in [-0.4, -0.2) is 66.6 Å². The number of benzene rings is 1. The van der Waals surface area contributed by atoms with Crippen LogP contribution in [0.25, 0.3) is 0 Å². The summed E-state index contributed by atoms with van der Waals surface area (Å²) in [6.07, 6.45) is 3.91. The number of amides is 2. The third-order valence-corrected chi connectivity index (χ3v) is 8.25. The van der Waals surface area contributed by atoms with Gasteiger partial charge in [0.1, 0.15) is 24.3 Å². The van der Waals surface area contributed by atoms with Crippen LogP contribution in [0.15, 0.2) is 30.3 Å². The minimum absolute atomic E-state index is 0.00458. The molecule has 4 atom stereocenters. The number of esters is 1. The molecule has 2 aliphatic rings. The molecule has 46 heavy (non-hydrogen) atoms. The summed E-state index contributed by atoms with van der Waals surface area (Å²) in [6.45, 7) is 24.4. The van der Waals surface area contributed by atoms with Crippen molar-refractivity contribution in [2.45, 2.75) is 157 Å². The highest BCUT2D eigenvalue weighted by Gasteiger charge is 2.50. The molecule has 0 radical (unpaired) electrons. The van der Waals surface area contributed by atoms with Gasteiger partial charge in [0.15, 0.2) is 0 Å². The number of rotatable bonds is 11. The Kier molecular flexibility index (Phi) is 17.3. The zero-order valence-corrected chi connectivity index (χ0v) is 30.6. The Morgan fingerprint density at radius 1 is 1.04 bits per heavy atom. The zero-order chi connectivity index (χ0) is 35.1. The Balaban J connectivity index is 0.000000586. The summed E-state index contributed by atoms with van der Waals surface area (Å²) in [5, 5.41) is 8.73. The summed E-state index contributed by atoms with van der Waals surface area (Å²) in [6, 6.07) is 8.05. The van der Waals surface area contributed by atoms with Gasteiger partial charge in [-0.05, 0) is 72.7 Å². The number of carbonyl (C=O) groups is 3. The second-order valence-electron chi connectivity index (χ2n) is 13.8. The van der Waals surface area contributed by atoms with Crippen LogP contribution >= 0.6 is 0 Å². The van der Waals surface area contributed by atoms with Crippen molar-refractivity contribution in [3.05, 3.63) is 35.9 Å². The highest BCUT2D eigenvalue weighted by Crippen LogP contribution is 2.38. The third-order valence-electron chi connectivity index (χ3n) is 8.25. The monoisotopic (exact) mass is 647 g/mol. The van der Waals surface area contributed by atoms with Crippen LogP contribution < -0.4 is 16.0 Å². The summed E-state index contributed by atoms with van der Waals surface area (Å²) < 4.78 is 22.4. The van der Waals surface area contributed by atoms with E-state index in [0.717, 1.165) is 11.9 Å². The maximum absolute atomic E-state index is 12.9. The van der Waals surface area contributed by atoms with Gasteiger partial charge in [-0.3, -0.25) is 9.59 Å². The minimum atomic E-state index is -0.719. The summed E-state index contributed by atoms with van der Waals surface area (Å²) >= 11 is 0. The number of carbonyl (C=O) groups excluding carboxylic acids is 3. The molecule has 0 aliphatic carbocycles. The first-order valence-corrected chi connectivity index (χ1v) is 17.1. The van der Waals surface area contributed by atoms with Gasteiger partial charge >= 0.3 is 19.2 Å². The fourth-order valence-electron chi connectivity index (χ4n) is 4.74.